The predicted octanol–water partition coefficient (Wildman–Crippen LogP) is 2.62. The van der Waals surface area contributed by atoms with E-state index in [9.17, 15) is 4.79 Å². The van der Waals surface area contributed by atoms with Crippen LogP contribution in [0.5, 0.6) is 0 Å². The minimum absolute atomic E-state index is 0.0963. The van der Waals surface area contributed by atoms with Crippen LogP contribution in [0.2, 0.25) is 0 Å². The first kappa shape index (κ1) is 15.0. The van der Waals surface area contributed by atoms with E-state index in [0.717, 1.165) is 34.1 Å². The summed E-state index contributed by atoms with van der Waals surface area (Å²) in [5.41, 5.74) is 2.07. The summed E-state index contributed by atoms with van der Waals surface area (Å²) >= 11 is 1.52. The molecule has 4 rings (SSSR count). The van der Waals surface area contributed by atoms with Gasteiger partial charge in [-0.25, -0.2) is 0 Å². The molecule has 3 aromatic heterocycles. The molecule has 1 aliphatic rings. The lowest BCUT2D eigenvalue weighted by atomic mass is 10.2. The number of nitrogens with zero attached hydrogens (tertiary/aromatic N) is 5. The monoisotopic (exact) mass is 339 g/mol. The third-order valence-corrected chi connectivity index (χ3v) is 5.23. The van der Waals surface area contributed by atoms with E-state index in [0.29, 0.717) is 19.6 Å². The normalized spacial score (nSPS) is 13.8. The first-order valence-corrected chi connectivity index (χ1v) is 8.84. The summed E-state index contributed by atoms with van der Waals surface area (Å²) < 4.78 is 2.08. The zero-order valence-electron chi connectivity index (χ0n) is 13.3. The molecule has 0 atom stereocenters. The van der Waals surface area contributed by atoms with Crippen molar-refractivity contribution in [1.82, 2.24) is 24.6 Å². The molecule has 3 aromatic rings. The molecule has 0 saturated heterocycles. The number of hydrogen-bond donors (Lipinski definition) is 0. The highest BCUT2D eigenvalue weighted by Crippen LogP contribution is 2.24. The number of rotatable bonds is 3. The molecule has 24 heavy (non-hydrogen) atoms. The second-order valence-corrected chi connectivity index (χ2v) is 6.60. The van der Waals surface area contributed by atoms with Gasteiger partial charge >= 0.3 is 0 Å². The smallest absolute Gasteiger partial charge is 0.264 e. The Bertz CT molecular complexity index is 870. The quantitative estimate of drug-likeness (QED) is 0.736. The SMILES string of the molecule is CCc1ccsc1C(=O)N1CCn2c(nnc2-c2cccnc2)C1. The van der Waals surface area contributed by atoms with Gasteiger partial charge in [-0.15, -0.1) is 21.5 Å². The Morgan fingerprint density at radius 2 is 2.21 bits per heavy atom. The standard InChI is InChI=1S/C17H17N5OS/c1-2-12-5-9-24-15(12)17(23)21-7-8-22-14(11-21)19-20-16(22)13-4-3-6-18-10-13/h3-6,9-10H,2,7-8,11H2,1H3. The molecule has 0 bridgehead atoms. The molecule has 0 aromatic carbocycles. The van der Waals surface area contributed by atoms with E-state index in [1.165, 1.54) is 11.3 Å². The molecule has 6 nitrogen and oxygen atoms in total. The van der Waals surface area contributed by atoms with Crippen molar-refractivity contribution in [2.45, 2.75) is 26.4 Å². The fourth-order valence-corrected chi connectivity index (χ4v) is 3.95. The summed E-state index contributed by atoms with van der Waals surface area (Å²) in [4.78, 5) is 19.6. The van der Waals surface area contributed by atoms with Gasteiger partial charge in [-0.1, -0.05) is 6.92 Å². The van der Waals surface area contributed by atoms with E-state index >= 15 is 0 Å². The van der Waals surface area contributed by atoms with Gasteiger partial charge in [-0.2, -0.15) is 0 Å². The molecular formula is C17H17N5OS. The van der Waals surface area contributed by atoms with E-state index in [1.807, 2.05) is 28.5 Å². The lowest BCUT2D eigenvalue weighted by molar-refractivity contribution is 0.0712. The molecule has 0 spiro atoms. The van der Waals surface area contributed by atoms with Crippen molar-refractivity contribution in [1.29, 1.82) is 0 Å². The van der Waals surface area contributed by atoms with Gasteiger partial charge in [0.2, 0.25) is 0 Å². The van der Waals surface area contributed by atoms with Crippen LogP contribution in [-0.2, 0) is 19.5 Å². The maximum atomic E-state index is 12.8. The zero-order chi connectivity index (χ0) is 16.5. The fraction of sp³-hybridized carbons (Fsp3) is 0.294. The lowest BCUT2D eigenvalue weighted by Crippen LogP contribution is -2.38. The van der Waals surface area contributed by atoms with Gasteiger partial charge < -0.3 is 9.47 Å². The van der Waals surface area contributed by atoms with E-state index in [1.54, 1.807) is 12.4 Å². The Hall–Kier alpha value is -2.54. The highest BCUT2D eigenvalue weighted by Gasteiger charge is 2.27. The van der Waals surface area contributed by atoms with E-state index in [-0.39, 0.29) is 5.91 Å². The van der Waals surface area contributed by atoms with Gasteiger partial charge in [-0.3, -0.25) is 9.78 Å². The third kappa shape index (κ3) is 2.50. The second-order valence-electron chi connectivity index (χ2n) is 5.69. The molecule has 0 N–H and O–H groups in total. The number of aryl methyl sites for hydroxylation is 1. The lowest BCUT2D eigenvalue weighted by Gasteiger charge is -2.27. The maximum absolute atomic E-state index is 12.8. The molecule has 7 heteroatoms. The van der Waals surface area contributed by atoms with Crippen LogP contribution in [0.3, 0.4) is 0 Å². The van der Waals surface area contributed by atoms with Crippen LogP contribution < -0.4 is 0 Å². The topological polar surface area (TPSA) is 63.9 Å². The molecule has 0 fully saturated rings. The average molecular weight is 339 g/mol. The van der Waals surface area contributed by atoms with Crippen LogP contribution in [0, 0.1) is 0 Å². The molecule has 1 amide bonds. The molecule has 1 aliphatic heterocycles. The number of amides is 1. The average Bonchev–Trinajstić information content (AvgIpc) is 3.27. The first-order valence-electron chi connectivity index (χ1n) is 7.96. The molecule has 122 valence electrons. The van der Waals surface area contributed by atoms with Gasteiger partial charge in [0.05, 0.1) is 11.4 Å². The zero-order valence-corrected chi connectivity index (χ0v) is 14.2. The predicted molar refractivity (Wildman–Crippen MR) is 91.7 cm³/mol. The first-order chi connectivity index (χ1) is 11.8. The summed E-state index contributed by atoms with van der Waals surface area (Å²) in [6, 6.07) is 5.89. The maximum Gasteiger partial charge on any atom is 0.264 e. The van der Waals surface area contributed by atoms with Gasteiger partial charge in [-0.05, 0) is 35.6 Å². The Labute approximate surface area is 143 Å². The highest BCUT2D eigenvalue weighted by atomic mass is 32.1. The minimum atomic E-state index is 0.0963. The van der Waals surface area contributed by atoms with Crippen molar-refractivity contribution >= 4 is 17.2 Å². The number of aromatic nitrogens is 4. The van der Waals surface area contributed by atoms with Crippen LogP contribution in [0.1, 0.15) is 28.0 Å². The van der Waals surface area contributed by atoms with E-state index in [4.69, 9.17) is 0 Å². The van der Waals surface area contributed by atoms with Crippen LogP contribution in [-0.4, -0.2) is 37.1 Å². The van der Waals surface area contributed by atoms with E-state index < -0.39 is 0 Å². The summed E-state index contributed by atoms with van der Waals surface area (Å²) in [6.07, 6.45) is 4.40. The summed E-state index contributed by atoms with van der Waals surface area (Å²) in [6.45, 7) is 3.93. The summed E-state index contributed by atoms with van der Waals surface area (Å²) in [5.74, 6) is 1.73. The number of hydrogen-bond acceptors (Lipinski definition) is 5. The Balaban J connectivity index is 1.59. The van der Waals surface area contributed by atoms with Crippen molar-refractivity contribution in [3.63, 3.8) is 0 Å². The molecule has 0 radical (unpaired) electrons. The van der Waals surface area contributed by atoms with Crippen molar-refractivity contribution in [3.05, 3.63) is 52.2 Å². The van der Waals surface area contributed by atoms with Gasteiger partial charge in [0.25, 0.3) is 5.91 Å². The van der Waals surface area contributed by atoms with Crippen molar-refractivity contribution in [2.75, 3.05) is 6.54 Å². The van der Waals surface area contributed by atoms with Gasteiger partial charge in [0, 0.05) is 31.0 Å². The molecule has 0 unspecified atom stereocenters. The largest absolute Gasteiger partial charge is 0.329 e. The van der Waals surface area contributed by atoms with Crippen LogP contribution in [0.4, 0.5) is 0 Å². The number of thiophene rings is 1. The molecule has 4 heterocycles. The van der Waals surface area contributed by atoms with Crippen LogP contribution in [0.15, 0.2) is 36.0 Å². The van der Waals surface area contributed by atoms with Crippen LogP contribution in [0.25, 0.3) is 11.4 Å². The Morgan fingerprint density at radius 3 is 3.00 bits per heavy atom. The highest BCUT2D eigenvalue weighted by molar-refractivity contribution is 7.12. The Morgan fingerprint density at radius 1 is 1.29 bits per heavy atom. The van der Waals surface area contributed by atoms with Crippen molar-refractivity contribution in [3.8, 4) is 11.4 Å². The van der Waals surface area contributed by atoms with Crippen molar-refractivity contribution < 1.29 is 4.79 Å². The minimum Gasteiger partial charge on any atom is -0.329 e. The summed E-state index contributed by atoms with van der Waals surface area (Å²) in [7, 11) is 0. The molecule has 0 aliphatic carbocycles. The number of carbonyl (C=O) groups excluding carboxylic acids is 1. The van der Waals surface area contributed by atoms with Gasteiger partial charge in [0.1, 0.15) is 0 Å². The third-order valence-electron chi connectivity index (χ3n) is 4.28. The molecule has 0 saturated carbocycles. The van der Waals surface area contributed by atoms with E-state index in [2.05, 4.69) is 26.7 Å². The van der Waals surface area contributed by atoms with Crippen molar-refractivity contribution in [2.24, 2.45) is 0 Å². The summed E-state index contributed by atoms with van der Waals surface area (Å²) in [5, 5.41) is 10.6. The fourth-order valence-electron chi connectivity index (χ4n) is 2.98. The Kier molecular flexibility index (Phi) is 3.86. The molecular weight excluding hydrogens is 322 g/mol. The number of carbonyl (C=O) groups is 1. The number of fused-ring (bicyclic) bond motifs is 1. The van der Waals surface area contributed by atoms with Crippen LogP contribution >= 0.6 is 11.3 Å². The van der Waals surface area contributed by atoms with Gasteiger partial charge in [0.15, 0.2) is 11.6 Å². The second kappa shape index (κ2) is 6.16. The number of pyridine rings is 1.